The van der Waals surface area contributed by atoms with Crippen molar-refractivity contribution in [2.75, 3.05) is 11.9 Å². The van der Waals surface area contributed by atoms with E-state index in [-0.39, 0.29) is 24.7 Å². The number of carboxylic acid groups (broad SMARTS) is 1. The number of fused-ring (bicyclic) bond motifs is 1. The first-order valence-electron chi connectivity index (χ1n) is 5.17. The Bertz CT molecular complexity index is 442. The molecule has 0 bridgehead atoms. The van der Waals surface area contributed by atoms with Crippen molar-refractivity contribution < 1.29 is 14.7 Å². The number of rotatable bonds is 2. The first-order valence-corrected chi connectivity index (χ1v) is 5.17. The maximum absolute atomic E-state index is 11.7. The van der Waals surface area contributed by atoms with Gasteiger partial charge in [-0.3, -0.25) is 9.59 Å². The van der Waals surface area contributed by atoms with Crippen molar-refractivity contribution in [1.29, 1.82) is 0 Å². The molecule has 0 fully saturated rings. The number of carboxylic acids is 1. The third-order valence-corrected chi connectivity index (χ3v) is 2.95. The molecule has 1 N–H and O–H groups in total. The molecule has 0 saturated heterocycles. The Balaban J connectivity index is 2.40. The zero-order valence-corrected chi connectivity index (χ0v) is 9.01. The largest absolute Gasteiger partial charge is 0.481 e. The van der Waals surface area contributed by atoms with Gasteiger partial charge in [0.2, 0.25) is 5.91 Å². The van der Waals surface area contributed by atoms with E-state index in [1.807, 2.05) is 24.3 Å². The molecule has 2 rings (SSSR count). The Labute approximate surface area is 93.5 Å². The zero-order chi connectivity index (χ0) is 11.7. The van der Waals surface area contributed by atoms with Crippen LogP contribution in [0.2, 0.25) is 0 Å². The summed E-state index contributed by atoms with van der Waals surface area (Å²) in [7, 11) is 1.72. The van der Waals surface area contributed by atoms with Gasteiger partial charge in [0, 0.05) is 25.1 Å². The highest BCUT2D eigenvalue weighted by molar-refractivity contribution is 5.97. The predicted molar refractivity (Wildman–Crippen MR) is 59.5 cm³/mol. The van der Waals surface area contributed by atoms with Gasteiger partial charge in [-0.1, -0.05) is 18.2 Å². The van der Waals surface area contributed by atoms with Gasteiger partial charge >= 0.3 is 5.97 Å². The monoisotopic (exact) mass is 219 g/mol. The lowest BCUT2D eigenvalue weighted by molar-refractivity contribution is -0.137. The Hall–Kier alpha value is -1.84. The number of carbonyl (C=O) groups is 2. The van der Waals surface area contributed by atoms with Crippen LogP contribution in [-0.2, 0) is 9.59 Å². The van der Waals surface area contributed by atoms with Crippen molar-refractivity contribution in [2.45, 2.75) is 18.8 Å². The van der Waals surface area contributed by atoms with Crippen LogP contribution in [0.3, 0.4) is 0 Å². The summed E-state index contributed by atoms with van der Waals surface area (Å²) in [4.78, 5) is 24.0. The van der Waals surface area contributed by atoms with Crippen molar-refractivity contribution in [2.24, 2.45) is 0 Å². The molecule has 1 aliphatic rings. The average molecular weight is 219 g/mol. The molecule has 4 heteroatoms. The van der Waals surface area contributed by atoms with Crippen LogP contribution < -0.4 is 4.90 Å². The Morgan fingerprint density at radius 2 is 2.19 bits per heavy atom. The summed E-state index contributed by atoms with van der Waals surface area (Å²) in [5, 5.41) is 8.82. The molecule has 0 saturated carbocycles. The Morgan fingerprint density at radius 1 is 1.50 bits per heavy atom. The van der Waals surface area contributed by atoms with Crippen LogP contribution in [0.4, 0.5) is 5.69 Å². The van der Waals surface area contributed by atoms with E-state index in [4.69, 9.17) is 5.11 Å². The molecule has 1 heterocycles. The number of para-hydroxylation sites is 1. The minimum Gasteiger partial charge on any atom is -0.481 e. The molecule has 1 aliphatic heterocycles. The van der Waals surface area contributed by atoms with E-state index in [1.54, 1.807) is 11.9 Å². The third kappa shape index (κ3) is 1.78. The number of nitrogens with zero attached hydrogens (tertiary/aromatic N) is 1. The standard InChI is InChI=1S/C12H13NO3/c1-13-10-5-3-2-4-9(10)8(6-11(13)14)7-12(15)16/h2-5,8H,6-7H2,1H3,(H,15,16). The second-order valence-corrected chi connectivity index (χ2v) is 4.01. The highest BCUT2D eigenvalue weighted by atomic mass is 16.4. The highest BCUT2D eigenvalue weighted by Crippen LogP contribution is 2.36. The number of hydrogen-bond acceptors (Lipinski definition) is 2. The van der Waals surface area contributed by atoms with Crippen molar-refractivity contribution in [3.63, 3.8) is 0 Å². The molecule has 1 unspecified atom stereocenters. The second-order valence-electron chi connectivity index (χ2n) is 4.01. The van der Waals surface area contributed by atoms with Crippen molar-refractivity contribution >= 4 is 17.6 Å². The lowest BCUT2D eigenvalue weighted by Crippen LogP contribution is -2.33. The molecule has 1 aromatic carbocycles. The van der Waals surface area contributed by atoms with Crippen LogP contribution in [0.1, 0.15) is 24.3 Å². The van der Waals surface area contributed by atoms with Gasteiger partial charge in [0.25, 0.3) is 0 Å². The number of carbonyl (C=O) groups excluding carboxylic acids is 1. The van der Waals surface area contributed by atoms with E-state index in [2.05, 4.69) is 0 Å². The molecule has 16 heavy (non-hydrogen) atoms. The minimum atomic E-state index is -0.864. The van der Waals surface area contributed by atoms with Crippen molar-refractivity contribution in [3.05, 3.63) is 29.8 Å². The molecular formula is C12H13NO3. The van der Waals surface area contributed by atoms with Crippen LogP contribution in [0, 0.1) is 0 Å². The second kappa shape index (κ2) is 3.96. The van der Waals surface area contributed by atoms with Gasteiger partial charge in [-0.05, 0) is 11.6 Å². The van der Waals surface area contributed by atoms with E-state index in [0.29, 0.717) is 0 Å². The maximum Gasteiger partial charge on any atom is 0.303 e. The Morgan fingerprint density at radius 3 is 2.88 bits per heavy atom. The van der Waals surface area contributed by atoms with E-state index in [0.717, 1.165) is 11.3 Å². The van der Waals surface area contributed by atoms with Crippen molar-refractivity contribution in [1.82, 2.24) is 0 Å². The van der Waals surface area contributed by atoms with Crippen molar-refractivity contribution in [3.8, 4) is 0 Å². The number of benzene rings is 1. The van der Waals surface area contributed by atoms with Gasteiger partial charge in [-0.2, -0.15) is 0 Å². The fraction of sp³-hybridized carbons (Fsp3) is 0.333. The van der Waals surface area contributed by atoms with E-state index < -0.39 is 5.97 Å². The van der Waals surface area contributed by atoms with Gasteiger partial charge in [0.1, 0.15) is 0 Å². The summed E-state index contributed by atoms with van der Waals surface area (Å²) >= 11 is 0. The summed E-state index contributed by atoms with van der Waals surface area (Å²) in [5.74, 6) is -1.08. The smallest absolute Gasteiger partial charge is 0.303 e. The third-order valence-electron chi connectivity index (χ3n) is 2.95. The maximum atomic E-state index is 11.7. The SMILES string of the molecule is CN1C(=O)CC(CC(=O)O)c2ccccc21. The first-order chi connectivity index (χ1) is 7.59. The summed E-state index contributed by atoms with van der Waals surface area (Å²) in [6.07, 6.45) is 0.288. The van der Waals surface area contributed by atoms with E-state index >= 15 is 0 Å². The molecule has 0 radical (unpaired) electrons. The van der Waals surface area contributed by atoms with Crippen LogP contribution in [0.15, 0.2) is 24.3 Å². The van der Waals surface area contributed by atoms with E-state index in [9.17, 15) is 9.59 Å². The molecule has 0 aromatic heterocycles. The molecule has 0 aliphatic carbocycles. The fourth-order valence-corrected chi connectivity index (χ4v) is 2.12. The van der Waals surface area contributed by atoms with Gasteiger partial charge in [-0.15, -0.1) is 0 Å². The summed E-state index contributed by atoms with van der Waals surface area (Å²) < 4.78 is 0. The molecular weight excluding hydrogens is 206 g/mol. The number of amides is 1. The normalized spacial score (nSPS) is 19.4. The molecule has 84 valence electrons. The van der Waals surface area contributed by atoms with Gasteiger partial charge in [-0.25, -0.2) is 0 Å². The lowest BCUT2D eigenvalue weighted by atomic mass is 9.87. The summed E-state index contributed by atoms with van der Waals surface area (Å²) in [5.41, 5.74) is 1.78. The van der Waals surface area contributed by atoms with Gasteiger partial charge in [0.05, 0.1) is 6.42 Å². The molecule has 1 atom stereocenters. The number of hydrogen-bond donors (Lipinski definition) is 1. The highest BCUT2D eigenvalue weighted by Gasteiger charge is 2.29. The van der Waals surface area contributed by atoms with Crippen LogP contribution in [0.5, 0.6) is 0 Å². The van der Waals surface area contributed by atoms with Gasteiger partial charge in [0.15, 0.2) is 0 Å². The van der Waals surface area contributed by atoms with Gasteiger partial charge < -0.3 is 10.0 Å². The van der Waals surface area contributed by atoms with Crippen LogP contribution in [-0.4, -0.2) is 24.0 Å². The molecule has 1 amide bonds. The summed E-state index contributed by atoms with van der Waals surface area (Å²) in [6.45, 7) is 0. The zero-order valence-electron chi connectivity index (χ0n) is 9.01. The quantitative estimate of drug-likeness (QED) is 0.822. The Kier molecular flexibility index (Phi) is 2.64. The average Bonchev–Trinajstić information content (AvgIpc) is 2.25. The lowest BCUT2D eigenvalue weighted by Gasteiger charge is -2.30. The minimum absolute atomic E-state index is 0.0105. The predicted octanol–water partition coefficient (Wildman–Crippen LogP) is 1.61. The fourth-order valence-electron chi connectivity index (χ4n) is 2.12. The first kappa shape index (κ1) is 10.7. The number of aliphatic carboxylic acids is 1. The van der Waals surface area contributed by atoms with Crippen LogP contribution in [0.25, 0.3) is 0 Å². The molecule has 1 aromatic rings. The molecule has 0 spiro atoms. The molecule has 4 nitrogen and oxygen atoms in total. The summed E-state index contributed by atoms with van der Waals surface area (Å²) in [6, 6.07) is 7.47. The topological polar surface area (TPSA) is 57.6 Å². The van der Waals surface area contributed by atoms with Crippen LogP contribution >= 0.6 is 0 Å². The number of anilines is 1. The van der Waals surface area contributed by atoms with E-state index in [1.165, 1.54) is 0 Å².